The largest absolute Gasteiger partial charge is 0.478 e. The maximum absolute atomic E-state index is 11.6. The molecule has 0 bridgehead atoms. The van der Waals surface area contributed by atoms with Crippen LogP contribution in [-0.2, 0) is 5.41 Å². The summed E-state index contributed by atoms with van der Waals surface area (Å²) in [6, 6.07) is 12.4. The number of hydrogen-bond acceptors (Lipinski definition) is 5. The van der Waals surface area contributed by atoms with Gasteiger partial charge in [0.1, 0.15) is 6.04 Å². The molecule has 0 radical (unpaired) electrons. The molecule has 5 nitrogen and oxygen atoms in total. The van der Waals surface area contributed by atoms with E-state index < -0.39 is 12.0 Å². The molecule has 0 heterocycles. The van der Waals surface area contributed by atoms with Crippen LogP contribution in [0.2, 0.25) is 0 Å². The lowest BCUT2D eigenvalue weighted by Gasteiger charge is -2.31. The number of hydrogen-bond donors (Lipinski definition) is 1. The quantitative estimate of drug-likeness (QED) is 0.395. The van der Waals surface area contributed by atoms with Crippen LogP contribution < -0.4 is 4.90 Å². The fourth-order valence-corrected chi connectivity index (χ4v) is 4.19. The topological polar surface area (TPSA) is 70.0 Å². The Hall–Kier alpha value is -2.34. The Bertz CT molecular complexity index is 840. The minimum absolute atomic E-state index is 0.0544. The smallest absolute Gasteiger partial charge is 0.335 e. The van der Waals surface area contributed by atoms with E-state index in [0.717, 1.165) is 23.5 Å². The Kier molecular flexibility index (Phi) is 7.85. The van der Waals surface area contributed by atoms with Crippen LogP contribution in [0.3, 0.4) is 0 Å². The average molecular weight is 415 g/mol. The Morgan fingerprint density at radius 1 is 1.10 bits per heavy atom. The van der Waals surface area contributed by atoms with Crippen molar-refractivity contribution in [3.05, 3.63) is 64.1 Å². The molecule has 0 aliphatic rings. The van der Waals surface area contributed by atoms with Crippen LogP contribution in [0.15, 0.2) is 52.5 Å². The van der Waals surface area contributed by atoms with E-state index in [1.54, 1.807) is 24.3 Å². The van der Waals surface area contributed by atoms with Crippen molar-refractivity contribution >= 4 is 23.4 Å². The molecule has 0 saturated heterocycles. The summed E-state index contributed by atoms with van der Waals surface area (Å²) in [7, 11) is 0. The molecule has 2 rings (SSSR count). The van der Waals surface area contributed by atoms with Gasteiger partial charge in [-0.25, -0.2) is 4.79 Å². The van der Waals surface area contributed by atoms with Gasteiger partial charge in [0.2, 0.25) is 0 Å². The summed E-state index contributed by atoms with van der Waals surface area (Å²) in [6.45, 7) is 12.7. The summed E-state index contributed by atoms with van der Waals surface area (Å²) in [4.78, 5) is 25.8. The fraction of sp³-hybridized carbons (Fsp3) is 0.435. The summed E-state index contributed by atoms with van der Waals surface area (Å²) in [5.74, 6) is -0.443. The molecule has 1 unspecified atom stereocenters. The first-order valence-corrected chi connectivity index (χ1v) is 10.9. The van der Waals surface area contributed by atoms with Crippen LogP contribution in [-0.4, -0.2) is 29.9 Å². The van der Waals surface area contributed by atoms with Crippen molar-refractivity contribution in [2.75, 3.05) is 23.7 Å². The van der Waals surface area contributed by atoms with Crippen LogP contribution in [0.5, 0.6) is 0 Å². The van der Waals surface area contributed by atoms with Gasteiger partial charge >= 0.3 is 5.97 Å². The molecule has 0 saturated carbocycles. The van der Waals surface area contributed by atoms with E-state index in [1.807, 2.05) is 6.07 Å². The summed E-state index contributed by atoms with van der Waals surface area (Å²) in [5, 5.41) is 12.4. The minimum Gasteiger partial charge on any atom is -0.478 e. The Balaban J connectivity index is 2.26. The molecule has 0 amide bonds. The van der Waals surface area contributed by atoms with Gasteiger partial charge in [0.25, 0.3) is 0 Å². The third-order valence-electron chi connectivity index (χ3n) is 4.95. The molecule has 0 aliphatic heterocycles. The second kappa shape index (κ2) is 9.92. The van der Waals surface area contributed by atoms with Crippen LogP contribution >= 0.6 is 11.8 Å². The molecular weight excluding hydrogens is 384 g/mol. The van der Waals surface area contributed by atoms with Gasteiger partial charge in [-0.15, -0.1) is 11.8 Å². The lowest BCUT2D eigenvalue weighted by Crippen LogP contribution is -2.26. The molecule has 0 fully saturated rings. The first kappa shape index (κ1) is 22.9. The highest BCUT2D eigenvalue weighted by Crippen LogP contribution is 2.36. The van der Waals surface area contributed by atoms with Crippen molar-refractivity contribution in [3.8, 4) is 0 Å². The van der Waals surface area contributed by atoms with E-state index in [2.05, 4.69) is 56.8 Å². The number of carboxylic acid groups (broad SMARTS) is 1. The number of nitroso groups, excluding NO2 is 1. The number of carbonyl (C=O) groups is 1. The van der Waals surface area contributed by atoms with E-state index >= 15 is 0 Å². The molecule has 29 heavy (non-hydrogen) atoms. The monoisotopic (exact) mass is 414 g/mol. The zero-order valence-electron chi connectivity index (χ0n) is 17.8. The molecule has 1 atom stereocenters. The van der Waals surface area contributed by atoms with E-state index in [-0.39, 0.29) is 11.0 Å². The molecule has 2 aromatic carbocycles. The molecule has 2 aromatic rings. The maximum Gasteiger partial charge on any atom is 0.335 e. The number of nitrogens with zero attached hydrogens (tertiary/aromatic N) is 2. The lowest BCUT2D eigenvalue weighted by atomic mass is 9.83. The van der Waals surface area contributed by atoms with Crippen molar-refractivity contribution in [1.29, 1.82) is 0 Å². The SMILES string of the molecule is CCN(CC)c1ccc(C(CSc2ccc(C(=O)O)cc2)N=O)cc1C(C)(C)C. The summed E-state index contributed by atoms with van der Waals surface area (Å²) in [6.07, 6.45) is 0. The predicted molar refractivity (Wildman–Crippen MR) is 121 cm³/mol. The first-order valence-electron chi connectivity index (χ1n) is 9.89. The standard InChI is InChI=1S/C23H30N2O3S/c1-6-25(7-2)21-13-10-17(14-19(21)23(3,4)5)20(24-28)15-29-18-11-8-16(9-12-18)22(26)27/h8-14,20H,6-7,15H2,1-5H3,(H,26,27). The third-order valence-corrected chi connectivity index (χ3v) is 6.04. The Labute approximate surface area is 177 Å². The predicted octanol–water partition coefficient (Wildman–Crippen LogP) is 6.13. The van der Waals surface area contributed by atoms with E-state index in [0.29, 0.717) is 5.75 Å². The average Bonchev–Trinajstić information content (AvgIpc) is 2.69. The maximum atomic E-state index is 11.6. The zero-order valence-corrected chi connectivity index (χ0v) is 18.6. The summed E-state index contributed by atoms with van der Waals surface area (Å²) < 4.78 is 0. The lowest BCUT2D eigenvalue weighted by molar-refractivity contribution is 0.0697. The molecule has 0 aliphatic carbocycles. The Morgan fingerprint density at radius 2 is 1.72 bits per heavy atom. The fourth-order valence-electron chi connectivity index (χ4n) is 3.26. The molecule has 0 spiro atoms. The molecule has 156 valence electrons. The highest BCUT2D eigenvalue weighted by molar-refractivity contribution is 7.99. The van der Waals surface area contributed by atoms with E-state index in [4.69, 9.17) is 5.11 Å². The van der Waals surface area contributed by atoms with Crippen LogP contribution in [0, 0.1) is 4.91 Å². The van der Waals surface area contributed by atoms with Crippen LogP contribution in [0.4, 0.5) is 5.69 Å². The number of aromatic carboxylic acids is 1. The Morgan fingerprint density at radius 3 is 2.21 bits per heavy atom. The molecule has 0 aromatic heterocycles. The number of thioether (sulfide) groups is 1. The molecular formula is C23H30N2O3S. The number of benzene rings is 2. The molecule has 1 N–H and O–H groups in total. The van der Waals surface area contributed by atoms with Gasteiger partial charge in [-0.3, -0.25) is 0 Å². The van der Waals surface area contributed by atoms with Crippen LogP contribution in [0.25, 0.3) is 0 Å². The van der Waals surface area contributed by atoms with Crippen molar-refractivity contribution in [2.45, 2.75) is 51.0 Å². The van der Waals surface area contributed by atoms with Crippen molar-refractivity contribution < 1.29 is 9.90 Å². The van der Waals surface area contributed by atoms with E-state index in [1.165, 1.54) is 23.0 Å². The van der Waals surface area contributed by atoms with Gasteiger partial charge in [-0.2, -0.15) is 4.91 Å². The summed E-state index contributed by atoms with van der Waals surface area (Å²) in [5.41, 5.74) is 3.52. The van der Waals surface area contributed by atoms with Crippen molar-refractivity contribution in [3.63, 3.8) is 0 Å². The van der Waals surface area contributed by atoms with Gasteiger partial charge in [0, 0.05) is 29.4 Å². The van der Waals surface area contributed by atoms with Crippen LogP contribution in [0.1, 0.15) is 62.1 Å². The first-order chi connectivity index (χ1) is 13.7. The van der Waals surface area contributed by atoms with Gasteiger partial charge in [0.15, 0.2) is 0 Å². The highest BCUT2D eigenvalue weighted by Gasteiger charge is 2.23. The third kappa shape index (κ3) is 5.82. The normalized spacial score (nSPS) is 12.4. The second-order valence-corrected chi connectivity index (χ2v) is 9.05. The molecule has 6 heteroatoms. The van der Waals surface area contributed by atoms with Gasteiger partial charge in [0.05, 0.1) is 5.56 Å². The van der Waals surface area contributed by atoms with E-state index in [9.17, 15) is 9.70 Å². The second-order valence-electron chi connectivity index (χ2n) is 7.96. The van der Waals surface area contributed by atoms with Crippen molar-refractivity contribution in [1.82, 2.24) is 0 Å². The van der Waals surface area contributed by atoms with Crippen molar-refractivity contribution in [2.24, 2.45) is 5.18 Å². The number of carboxylic acids is 1. The highest BCUT2D eigenvalue weighted by atomic mass is 32.2. The number of anilines is 1. The minimum atomic E-state index is -0.947. The summed E-state index contributed by atoms with van der Waals surface area (Å²) >= 11 is 1.50. The number of rotatable bonds is 9. The van der Waals surface area contributed by atoms with Gasteiger partial charge in [-0.05, 0) is 60.7 Å². The van der Waals surface area contributed by atoms with Gasteiger partial charge in [-0.1, -0.05) is 38.1 Å². The zero-order chi connectivity index (χ0) is 21.6. The van der Waals surface area contributed by atoms with Gasteiger partial charge < -0.3 is 10.0 Å².